The molecule has 0 aromatic carbocycles. The molecule has 2 aromatic rings. The minimum atomic E-state index is 0. The molecule has 0 unspecified atom stereocenters. The van der Waals surface area contributed by atoms with Crippen LogP contribution in [0.4, 0.5) is 0 Å². The predicted molar refractivity (Wildman–Crippen MR) is 118 cm³/mol. The van der Waals surface area contributed by atoms with Crippen LogP contribution in [0.15, 0.2) is 28.7 Å². The second kappa shape index (κ2) is 10.8. The first-order valence-electron chi connectivity index (χ1n) is 8.55. The van der Waals surface area contributed by atoms with Gasteiger partial charge >= 0.3 is 0 Å². The fourth-order valence-electron chi connectivity index (χ4n) is 2.43. The average Bonchev–Trinajstić information content (AvgIpc) is 3.16. The summed E-state index contributed by atoms with van der Waals surface area (Å²) < 4.78 is 2.14. The molecule has 0 radical (unpaired) electrons. The van der Waals surface area contributed by atoms with Gasteiger partial charge in [-0.1, -0.05) is 13.8 Å². The third kappa shape index (κ3) is 6.62. The van der Waals surface area contributed by atoms with Crippen LogP contribution in [-0.4, -0.2) is 40.5 Å². The average molecular weight is 475 g/mol. The van der Waals surface area contributed by atoms with Crippen LogP contribution >= 0.6 is 35.3 Å². The molecule has 0 aliphatic heterocycles. The Kier molecular flexibility index (Phi) is 9.48. The molecule has 25 heavy (non-hydrogen) atoms. The monoisotopic (exact) mass is 475 g/mol. The minimum Gasteiger partial charge on any atom is -0.357 e. The molecule has 2 aromatic heterocycles. The van der Waals surface area contributed by atoms with Gasteiger partial charge in [0.05, 0.1) is 17.2 Å². The molecule has 7 heteroatoms. The lowest BCUT2D eigenvalue weighted by Crippen LogP contribution is -2.39. The van der Waals surface area contributed by atoms with E-state index in [4.69, 9.17) is 4.99 Å². The molecule has 0 spiro atoms. The number of rotatable bonds is 7. The van der Waals surface area contributed by atoms with Gasteiger partial charge in [0.2, 0.25) is 0 Å². The molecule has 140 valence electrons. The first-order chi connectivity index (χ1) is 11.5. The van der Waals surface area contributed by atoms with E-state index in [0.29, 0.717) is 5.92 Å². The Balaban J connectivity index is 0.00000312. The zero-order valence-electron chi connectivity index (χ0n) is 15.8. The van der Waals surface area contributed by atoms with Gasteiger partial charge in [-0.3, -0.25) is 4.99 Å². The van der Waals surface area contributed by atoms with Crippen molar-refractivity contribution < 1.29 is 0 Å². The second-order valence-electron chi connectivity index (χ2n) is 6.28. The van der Waals surface area contributed by atoms with E-state index in [2.05, 4.69) is 78.3 Å². The molecule has 0 fully saturated rings. The van der Waals surface area contributed by atoms with Crippen molar-refractivity contribution in [2.75, 3.05) is 20.1 Å². The zero-order valence-corrected chi connectivity index (χ0v) is 19.0. The van der Waals surface area contributed by atoms with Crippen LogP contribution in [0.25, 0.3) is 0 Å². The van der Waals surface area contributed by atoms with Crippen molar-refractivity contribution >= 4 is 41.3 Å². The van der Waals surface area contributed by atoms with Crippen molar-refractivity contribution in [3.05, 3.63) is 40.1 Å². The molecule has 0 aliphatic carbocycles. The Labute approximate surface area is 172 Å². The number of nitrogens with zero attached hydrogens (tertiary/aromatic N) is 4. The Hall–Kier alpha value is -1.09. The number of hydrogen-bond donors (Lipinski definition) is 1. The van der Waals surface area contributed by atoms with Crippen molar-refractivity contribution in [2.24, 2.45) is 12.0 Å². The normalized spacial score (nSPS) is 11.5. The van der Waals surface area contributed by atoms with E-state index in [1.807, 2.05) is 0 Å². The van der Waals surface area contributed by atoms with E-state index in [-0.39, 0.29) is 24.0 Å². The first-order valence-corrected chi connectivity index (χ1v) is 9.43. The maximum absolute atomic E-state index is 4.76. The lowest BCUT2D eigenvalue weighted by molar-refractivity contribution is 0.462. The standard InChI is InChI=1S/C18H29N5S.HI/c1-6-19-18(23(5)12-16-8-7-11-22(16)4)20-10-9-15-13-24-17(21-15)14(2)3;/h7-8,11,13-14H,6,9-10,12H2,1-5H3,(H,19,20);1H. The maximum atomic E-state index is 4.76. The van der Waals surface area contributed by atoms with Gasteiger partial charge in [0.25, 0.3) is 0 Å². The van der Waals surface area contributed by atoms with Crippen molar-refractivity contribution in [1.29, 1.82) is 0 Å². The van der Waals surface area contributed by atoms with Gasteiger partial charge in [0.15, 0.2) is 5.96 Å². The lowest BCUT2D eigenvalue weighted by atomic mass is 10.2. The number of aliphatic imine (C=N–C) groups is 1. The molecule has 0 aliphatic rings. The van der Waals surface area contributed by atoms with Crippen LogP contribution in [0, 0.1) is 0 Å². The Bertz CT molecular complexity index is 662. The summed E-state index contributed by atoms with van der Waals surface area (Å²) in [5.74, 6) is 1.44. The summed E-state index contributed by atoms with van der Waals surface area (Å²) in [6.45, 7) is 8.92. The lowest BCUT2D eigenvalue weighted by Gasteiger charge is -2.22. The topological polar surface area (TPSA) is 45.5 Å². The van der Waals surface area contributed by atoms with Gasteiger partial charge < -0.3 is 14.8 Å². The quantitative estimate of drug-likeness (QED) is 0.376. The van der Waals surface area contributed by atoms with Gasteiger partial charge in [-0.05, 0) is 19.1 Å². The molecule has 0 saturated carbocycles. The SMILES string of the molecule is CCNC(=NCCc1csc(C(C)C)n1)N(C)Cc1cccn1C.I. The molecule has 1 N–H and O–H groups in total. The van der Waals surface area contributed by atoms with Crippen molar-refractivity contribution in [3.8, 4) is 0 Å². The summed E-state index contributed by atoms with van der Waals surface area (Å²) in [7, 11) is 4.15. The van der Waals surface area contributed by atoms with Crippen molar-refractivity contribution in [2.45, 2.75) is 39.7 Å². The van der Waals surface area contributed by atoms with E-state index in [0.717, 1.165) is 37.7 Å². The number of aromatic nitrogens is 2. The molecule has 2 heterocycles. The summed E-state index contributed by atoms with van der Waals surface area (Å²) in [6.07, 6.45) is 2.96. The number of halogens is 1. The zero-order chi connectivity index (χ0) is 17.5. The van der Waals surface area contributed by atoms with E-state index in [1.165, 1.54) is 10.7 Å². The Morgan fingerprint density at radius 2 is 2.20 bits per heavy atom. The van der Waals surface area contributed by atoms with E-state index in [9.17, 15) is 0 Å². The number of aryl methyl sites for hydroxylation is 1. The minimum absolute atomic E-state index is 0. The van der Waals surface area contributed by atoms with Gasteiger partial charge in [-0.15, -0.1) is 35.3 Å². The molecule has 0 amide bonds. The first kappa shape index (κ1) is 22.0. The van der Waals surface area contributed by atoms with Crippen LogP contribution in [-0.2, 0) is 20.0 Å². The Morgan fingerprint density at radius 3 is 2.76 bits per heavy atom. The summed E-state index contributed by atoms with van der Waals surface area (Å²) in [5.41, 5.74) is 2.41. The van der Waals surface area contributed by atoms with E-state index in [1.54, 1.807) is 11.3 Å². The molecule has 5 nitrogen and oxygen atoms in total. The highest BCUT2D eigenvalue weighted by Gasteiger charge is 2.09. The molecule has 0 saturated heterocycles. The summed E-state index contributed by atoms with van der Waals surface area (Å²) in [5, 5.41) is 6.74. The highest BCUT2D eigenvalue weighted by molar-refractivity contribution is 14.0. The van der Waals surface area contributed by atoms with Crippen LogP contribution in [0.3, 0.4) is 0 Å². The smallest absolute Gasteiger partial charge is 0.194 e. The molecular weight excluding hydrogens is 445 g/mol. The molecule has 0 bridgehead atoms. The van der Waals surface area contributed by atoms with E-state index < -0.39 is 0 Å². The Morgan fingerprint density at radius 1 is 1.44 bits per heavy atom. The maximum Gasteiger partial charge on any atom is 0.194 e. The highest BCUT2D eigenvalue weighted by atomic mass is 127. The molecule has 0 atom stereocenters. The van der Waals surface area contributed by atoms with Crippen molar-refractivity contribution in [3.63, 3.8) is 0 Å². The van der Waals surface area contributed by atoms with Crippen molar-refractivity contribution in [1.82, 2.24) is 19.8 Å². The van der Waals surface area contributed by atoms with Crippen LogP contribution < -0.4 is 5.32 Å². The number of hydrogen-bond acceptors (Lipinski definition) is 3. The number of thiazole rings is 1. The summed E-state index contributed by atoms with van der Waals surface area (Å²) in [4.78, 5) is 11.6. The van der Waals surface area contributed by atoms with Crippen LogP contribution in [0.1, 0.15) is 43.1 Å². The predicted octanol–water partition coefficient (Wildman–Crippen LogP) is 3.86. The summed E-state index contributed by atoms with van der Waals surface area (Å²) in [6, 6.07) is 4.21. The van der Waals surface area contributed by atoms with Crippen LogP contribution in [0.2, 0.25) is 0 Å². The largest absolute Gasteiger partial charge is 0.357 e. The van der Waals surface area contributed by atoms with Crippen LogP contribution in [0.5, 0.6) is 0 Å². The van der Waals surface area contributed by atoms with Gasteiger partial charge in [-0.25, -0.2) is 4.98 Å². The fourth-order valence-corrected chi connectivity index (χ4v) is 3.30. The number of guanidine groups is 1. The molecular formula is C18H30IN5S. The van der Waals surface area contributed by atoms with Gasteiger partial charge in [0, 0.05) is 56.8 Å². The van der Waals surface area contributed by atoms with Gasteiger partial charge in [-0.2, -0.15) is 0 Å². The third-order valence-electron chi connectivity index (χ3n) is 3.84. The fraction of sp³-hybridized carbons (Fsp3) is 0.556. The molecule has 2 rings (SSSR count). The summed E-state index contributed by atoms with van der Waals surface area (Å²) >= 11 is 1.75. The number of nitrogens with one attached hydrogen (secondary N) is 1. The van der Waals surface area contributed by atoms with Gasteiger partial charge in [0.1, 0.15) is 0 Å². The third-order valence-corrected chi connectivity index (χ3v) is 5.03. The second-order valence-corrected chi connectivity index (χ2v) is 7.17. The highest BCUT2D eigenvalue weighted by Crippen LogP contribution is 2.19. The van der Waals surface area contributed by atoms with E-state index >= 15 is 0 Å².